The highest BCUT2D eigenvalue weighted by Crippen LogP contribution is 2.65. The van der Waals surface area contributed by atoms with Gasteiger partial charge in [-0.15, -0.1) is 0 Å². The molecule has 0 unspecified atom stereocenters. The number of imidazole rings is 1. The van der Waals surface area contributed by atoms with E-state index in [0.717, 1.165) is 24.8 Å². The molecule has 5 atom stereocenters. The van der Waals surface area contributed by atoms with Crippen LogP contribution >= 0.6 is 0 Å². The molecule has 0 bridgehead atoms. The number of benzene rings is 1. The fraction of sp³-hybridized carbons (Fsp3) is 0.538. The summed E-state index contributed by atoms with van der Waals surface area (Å²) < 4.78 is 2.36. The van der Waals surface area contributed by atoms with Crippen LogP contribution in [0.15, 0.2) is 48.4 Å². The maximum absolute atomic E-state index is 12.3. The van der Waals surface area contributed by atoms with Crippen LogP contribution in [0.25, 0.3) is 16.7 Å². The molecular weight excluding hydrogens is 370 g/mol. The average molecular weight is 402 g/mol. The van der Waals surface area contributed by atoms with Gasteiger partial charge in [0.1, 0.15) is 6.33 Å². The van der Waals surface area contributed by atoms with Crippen LogP contribution in [0.1, 0.15) is 52.4 Å². The van der Waals surface area contributed by atoms with E-state index in [0.29, 0.717) is 24.2 Å². The lowest BCUT2D eigenvalue weighted by Crippen LogP contribution is -2.53. The summed E-state index contributed by atoms with van der Waals surface area (Å²) in [7, 11) is 1.98. The standard InChI is InChI=1S/C26H31N3O/c1-25-15-13-24(30)28(3)22(25)10-8-17-18-9-11-23(26(18,2)14-12-19(17)25)29-16-27-20-6-4-5-7-21(20)29/h4-7,10-11,16-19H,8-9,12-15H2,1-3H3/t17-,18-,19-,25+,26-/m0/s1. The zero-order valence-corrected chi connectivity index (χ0v) is 18.3. The van der Waals surface area contributed by atoms with Crippen LogP contribution in [0.4, 0.5) is 0 Å². The molecule has 0 N–H and O–H groups in total. The Labute approximate surface area is 178 Å². The fourth-order valence-corrected chi connectivity index (χ4v) is 7.65. The Hall–Kier alpha value is -2.36. The SMILES string of the molecule is CN1C(=O)CC[C@@]2(C)C1=CC[C@@H]1[C@@H]2CC[C@]2(C)C(n3cnc4ccccc43)=CC[C@@H]12. The van der Waals surface area contributed by atoms with Crippen LogP contribution in [0.3, 0.4) is 0 Å². The first kappa shape index (κ1) is 18.4. The molecule has 3 aliphatic carbocycles. The number of allylic oxidation sites excluding steroid dienone is 4. The Morgan fingerprint density at radius 1 is 1.00 bits per heavy atom. The van der Waals surface area contributed by atoms with E-state index in [1.807, 2.05) is 18.3 Å². The molecule has 156 valence electrons. The number of fused-ring (bicyclic) bond motifs is 6. The van der Waals surface area contributed by atoms with E-state index in [9.17, 15) is 4.79 Å². The average Bonchev–Trinajstić information content (AvgIpc) is 3.31. The molecule has 4 heteroatoms. The van der Waals surface area contributed by atoms with Gasteiger partial charge in [-0.3, -0.25) is 4.79 Å². The molecule has 30 heavy (non-hydrogen) atoms. The summed E-state index contributed by atoms with van der Waals surface area (Å²) in [4.78, 5) is 19.0. The summed E-state index contributed by atoms with van der Waals surface area (Å²) >= 11 is 0. The summed E-state index contributed by atoms with van der Waals surface area (Å²) in [5.41, 5.74) is 5.40. The number of piperidine rings is 1. The van der Waals surface area contributed by atoms with E-state index in [-0.39, 0.29) is 16.7 Å². The van der Waals surface area contributed by atoms with Gasteiger partial charge in [0.2, 0.25) is 5.91 Å². The van der Waals surface area contributed by atoms with Gasteiger partial charge in [-0.2, -0.15) is 0 Å². The molecule has 2 heterocycles. The maximum Gasteiger partial charge on any atom is 0.226 e. The third-order valence-electron chi connectivity index (χ3n) is 9.27. The third kappa shape index (κ3) is 2.23. The van der Waals surface area contributed by atoms with E-state index in [2.05, 4.69) is 59.8 Å². The van der Waals surface area contributed by atoms with Gasteiger partial charge < -0.3 is 9.47 Å². The zero-order valence-electron chi connectivity index (χ0n) is 18.3. The van der Waals surface area contributed by atoms with Crippen LogP contribution in [0.2, 0.25) is 0 Å². The number of amides is 1. The van der Waals surface area contributed by atoms with E-state index < -0.39 is 0 Å². The molecule has 1 saturated heterocycles. The quantitative estimate of drug-likeness (QED) is 0.635. The predicted octanol–water partition coefficient (Wildman–Crippen LogP) is 5.48. The molecule has 1 aromatic heterocycles. The number of hydrogen-bond donors (Lipinski definition) is 0. The van der Waals surface area contributed by atoms with Gasteiger partial charge >= 0.3 is 0 Å². The zero-order chi connectivity index (χ0) is 20.7. The van der Waals surface area contributed by atoms with Crippen molar-refractivity contribution in [2.45, 2.75) is 52.4 Å². The van der Waals surface area contributed by atoms with E-state index in [4.69, 9.17) is 0 Å². The second-order valence-electron chi connectivity index (χ2n) is 10.5. The molecule has 0 radical (unpaired) electrons. The normalized spacial score (nSPS) is 38.0. The maximum atomic E-state index is 12.3. The van der Waals surface area contributed by atoms with Crippen molar-refractivity contribution < 1.29 is 4.79 Å². The van der Waals surface area contributed by atoms with Crippen molar-refractivity contribution in [1.29, 1.82) is 0 Å². The third-order valence-corrected chi connectivity index (χ3v) is 9.27. The van der Waals surface area contributed by atoms with Gasteiger partial charge in [0.15, 0.2) is 0 Å². The largest absolute Gasteiger partial charge is 0.319 e. The summed E-state index contributed by atoms with van der Waals surface area (Å²) in [5.74, 6) is 2.33. The van der Waals surface area contributed by atoms with Crippen LogP contribution < -0.4 is 0 Å². The highest BCUT2D eigenvalue weighted by atomic mass is 16.2. The molecule has 1 saturated carbocycles. The molecule has 2 aromatic rings. The first-order chi connectivity index (χ1) is 14.4. The van der Waals surface area contributed by atoms with Crippen molar-refractivity contribution in [3.63, 3.8) is 0 Å². The van der Waals surface area contributed by atoms with Crippen LogP contribution in [0, 0.1) is 28.6 Å². The lowest BCUT2D eigenvalue weighted by Gasteiger charge is -2.58. The number of hydrogen-bond acceptors (Lipinski definition) is 2. The first-order valence-electron chi connectivity index (χ1n) is 11.5. The Morgan fingerprint density at radius 2 is 1.77 bits per heavy atom. The predicted molar refractivity (Wildman–Crippen MR) is 119 cm³/mol. The number of para-hydroxylation sites is 2. The van der Waals surface area contributed by atoms with Crippen molar-refractivity contribution in [2.75, 3.05) is 7.05 Å². The minimum absolute atomic E-state index is 0.150. The number of carbonyl (C=O) groups excluding carboxylic acids is 1. The van der Waals surface area contributed by atoms with Crippen molar-refractivity contribution in [3.8, 4) is 0 Å². The van der Waals surface area contributed by atoms with Gasteiger partial charge in [0, 0.05) is 35.7 Å². The van der Waals surface area contributed by atoms with Crippen molar-refractivity contribution >= 4 is 22.6 Å². The van der Waals surface area contributed by atoms with Gasteiger partial charge in [-0.25, -0.2) is 4.98 Å². The summed E-state index contributed by atoms with van der Waals surface area (Å²) in [5, 5.41) is 0. The van der Waals surface area contributed by atoms with E-state index in [1.165, 1.54) is 29.8 Å². The molecule has 1 aliphatic heterocycles. The summed E-state index contributed by atoms with van der Waals surface area (Å²) in [6.07, 6.45) is 13.4. The van der Waals surface area contributed by atoms with E-state index in [1.54, 1.807) is 0 Å². The Balaban J connectivity index is 1.37. The molecule has 0 spiro atoms. The van der Waals surface area contributed by atoms with Gasteiger partial charge in [-0.05, 0) is 62.0 Å². The minimum atomic E-state index is 0.150. The smallest absolute Gasteiger partial charge is 0.226 e. The highest BCUT2D eigenvalue weighted by Gasteiger charge is 2.58. The molecule has 4 aliphatic rings. The summed E-state index contributed by atoms with van der Waals surface area (Å²) in [6.45, 7) is 4.94. The number of likely N-dealkylation sites (tertiary alicyclic amines) is 1. The molecule has 6 rings (SSSR count). The van der Waals surface area contributed by atoms with Gasteiger partial charge in [-0.1, -0.05) is 38.1 Å². The lowest BCUT2D eigenvalue weighted by molar-refractivity contribution is -0.135. The Kier molecular flexibility index (Phi) is 3.74. The summed E-state index contributed by atoms with van der Waals surface area (Å²) in [6, 6.07) is 8.48. The molecule has 1 amide bonds. The van der Waals surface area contributed by atoms with Crippen LogP contribution in [0.5, 0.6) is 0 Å². The first-order valence-corrected chi connectivity index (χ1v) is 11.5. The molecule has 4 nitrogen and oxygen atoms in total. The molecular formula is C26H31N3O. The number of aromatic nitrogens is 2. The monoisotopic (exact) mass is 401 g/mol. The Bertz CT molecular complexity index is 1110. The van der Waals surface area contributed by atoms with Crippen LogP contribution in [-0.2, 0) is 4.79 Å². The highest BCUT2D eigenvalue weighted by molar-refractivity contribution is 5.81. The topological polar surface area (TPSA) is 38.1 Å². The lowest BCUT2D eigenvalue weighted by atomic mass is 9.49. The van der Waals surface area contributed by atoms with E-state index >= 15 is 0 Å². The van der Waals surface area contributed by atoms with Crippen molar-refractivity contribution in [1.82, 2.24) is 14.5 Å². The Morgan fingerprint density at radius 3 is 2.63 bits per heavy atom. The molecule has 2 fully saturated rings. The van der Waals surface area contributed by atoms with Gasteiger partial charge in [0.05, 0.1) is 11.0 Å². The molecule has 1 aromatic carbocycles. The number of carbonyl (C=O) groups is 1. The second-order valence-corrected chi connectivity index (χ2v) is 10.5. The van der Waals surface area contributed by atoms with Crippen molar-refractivity contribution in [2.24, 2.45) is 28.6 Å². The second kappa shape index (κ2) is 6.09. The van der Waals surface area contributed by atoms with Crippen LogP contribution in [-0.4, -0.2) is 27.4 Å². The fourth-order valence-electron chi connectivity index (χ4n) is 7.65. The van der Waals surface area contributed by atoms with Crippen molar-refractivity contribution in [3.05, 3.63) is 48.4 Å². The number of nitrogens with zero attached hydrogens (tertiary/aromatic N) is 3. The minimum Gasteiger partial charge on any atom is -0.319 e. The van der Waals surface area contributed by atoms with Gasteiger partial charge in [0.25, 0.3) is 0 Å². The number of rotatable bonds is 1.